The maximum absolute atomic E-state index is 12.1. The number of amides is 1. The number of pyridine rings is 1. The Bertz CT molecular complexity index is 799. The van der Waals surface area contributed by atoms with Crippen LogP contribution in [0.25, 0.3) is 0 Å². The van der Waals surface area contributed by atoms with E-state index in [9.17, 15) is 9.59 Å². The highest BCUT2D eigenvalue weighted by Crippen LogP contribution is 2.32. The first-order valence-corrected chi connectivity index (χ1v) is 8.25. The fourth-order valence-corrected chi connectivity index (χ4v) is 2.41. The number of nitrogens with one attached hydrogen (secondary N) is 1. The van der Waals surface area contributed by atoms with Crippen molar-refractivity contribution in [2.24, 2.45) is 0 Å². The molecule has 0 spiro atoms. The largest absolute Gasteiger partial charge is 0.477 e. The van der Waals surface area contributed by atoms with Gasteiger partial charge in [0.05, 0.1) is 27.4 Å². The van der Waals surface area contributed by atoms with Crippen LogP contribution >= 0.6 is 34.8 Å². The number of aromatic nitrogens is 1. The van der Waals surface area contributed by atoms with E-state index < -0.39 is 18.5 Å². The molecule has 9 heteroatoms. The first-order chi connectivity index (χ1) is 11.9. The minimum Gasteiger partial charge on any atom is -0.477 e. The van der Waals surface area contributed by atoms with Gasteiger partial charge in [-0.05, 0) is 31.2 Å². The Morgan fingerprint density at radius 2 is 1.88 bits per heavy atom. The summed E-state index contributed by atoms with van der Waals surface area (Å²) in [6.07, 6.45) is 1.49. The highest BCUT2D eigenvalue weighted by atomic mass is 35.5. The van der Waals surface area contributed by atoms with Gasteiger partial charge in [-0.25, -0.2) is 9.78 Å². The van der Waals surface area contributed by atoms with Gasteiger partial charge in [0, 0.05) is 6.20 Å². The van der Waals surface area contributed by atoms with E-state index >= 15 is 0 Å². The molecule has 1 amide bonds. The molecule has 132 valence electrons. The highest BCUT2D eigenvalue weighted by Gasteiger charge is 2.17. The normalized spacial score (nSPS) is 10.2. The van der Waals surface area contributed by atoms with Crippen LogP contribution in [-0.4, -0.2) is 30.1 Å². The van der Waals surface area contributed by atoms with Gasteiger partial charge in [0.15, 0.2) is 6.61 Å². The quantitative estimate of drug-likeness (QED) is 0.577. The summed E-state index contributed by atoms with van der Waals surface area (Å²) >= 11 is 17.7. The lowest BCUT2D eigenvalue weighted by Gasteiger charge is -2.10. The maximum Gasteiger partial charge on any atom is 0.344 e. The van der Waals surface area contributed by atoms with Crippen LogP contribution in [0.2, 0.25) is 15.1 Å². The van der Waals surface area contributed by atoms with Gasteiger partial charge in [0.1, 0.15) is 5.56 Å². The molecule has 0 saturated heterocycles. The topological polar surface area (TPSA) is 77.5 Å². The zero-order valence-electron chi connectivity index (χ0n) is 13.0. The molecule has 25 heavy (non-hydrogen) atoms. The van der Waals surface area contributed by atoms with E-state index in [0.29, 0.717) is 6.61 Å². The first-order valence-electron chi connectivity index (χ1n) is 7.11. The number of halogens is 3. The Kier molecular flexibility index (Phi) is 6.87. The lowest BCUT2D eigenvalue weighted by molar-refractivity contribution is -0.119. The molecule has 2 rings (SSSR count). The third-order valence-electron chi connectivity index (χ3n) is 2.89. The molecule has 1 N–H and O–H groups in total. The molecule has 0 aliphatic heterocycles. The summed E-state index contributed by atoms with van der Waals surface area (Å²) in [6, 6.07) is 5.86. The van der Waals surface area contributed by atoms with Crippen LogP contribution in [0.5, 0.6) is 5.88 Å². The van der Waals surface area contributed by atoms with Crippen LogP contribution in [0.4, 0.5) is 5.69 Å². The minimum absolute atomic E-state index is 0.129. The van der Waals surface area contributed by atoms with Crippen molar-refractivity contribution in [3.8, 4) is 5.88 Å². The van der Waals surface area contributed by atoms with Crippen molar-refractivity contribution < 1.29 is 19.1 Å². The molecule has 0 atom stereocenters. The average molecular weight is 404 g/mol. The molecule has 1 aromatic heterocycles. The average Bonchev–Trinajstić information content (AvgIpc) is 2.58. The van der Waals surface area contributed by atoms with E-state index in [1.54, 1.807) is 13.0 Å². The summed E-state index contributed by atoms with van der Waals surface area (Å²) in [5.74, 6) is -1.18. The number of carbonyl (C=O) groups is 2. The van der Waals surface area contributed by atoms with Crippen LogP contribution in [0.15, 0.2) is 30.5 Å². The molecule has 0 bridgehead atoms. The predicted octanol–water partition coefficient (Wildman–Crippen LogP) is 4.24. The van der Waals surface area contributed by atoms with E-state index in [4.69, 9.17) is 44.3 Å². The summed E-state index contributed by atoms with van der Waals surface area (Å²) in [6.45, 7) is 1.59. The van der Waals surface area contributed by atoms with Crippen molar-refractivity contribution in [1.29, 1.82) is 0 Å². The zero-order valence-corrected chi connectivity index (χ0v) is 15.3. The summed E-state index contributed by atoms with van der Waals surface area (Å²) in [4.78, 5) is 28.0. The van der Waals surface area contributed by atoms with Crippen LogP contribution in [0.1, 0.15) is 17.3 Å². The van der Waals surface area contributed by atoms with Crippen LogP contribution in [-0.2, 0) is 9.53 Å². The van der Waals surface area contributed by atoms with Crippen LogP contribution < -0.4 is 10.1 Å². The van der Waals surface area contributed by atoms with Gasteiger partial charge < -0.3 is 14.8 Å². The summed E-state index contributed by atoms with van der Waals surface area (Å²) in [5, 5.41) is 3.19. The van der Waals surface area contributed by atoms with Gasteiger partial charge in [0.25, 0.3) is 5.91 Å². The van der Waals surface area contributed by atoms with Crippen LogP contribution in [0, 0.1) is 0 Å². The summed E-state index contributed by atoms with van der Waals surface area (Å²) in [7, 11) is 0. The fourth-order valence-electron chi connectivity index (χ4n) is 1.81. The van der Waals surface area contributed by atoms with E-state index in [1.165, 1.54) is 24.4 Å². The highest BCUT2D eigenvalue weighted by molar-refractivity contribution is 6.44. The van der Waals surface area contributed by atoms with Gasteiger partial charge in [0.2, 0.25) is 5.88 Å². The van der Waals surface area contributed by atoms with Gasteiger partial charge in [-0.15, -0.1) is 0 Å². The molecule has 0 aliphatic rings. The summed E-state index contributed by atoms with van der Waals surface area (Å²) < 4.78 is 10.2. The lowest BCUT2D eigenvalue weighted by Crippen LogP contribution is -2.21. The number of benzene rings is 1. The Hall–Kier alpha value is -2.02. The third-order valence-corrected chi connectivity index (χ3v) is 3.93. The molecule has 0 unspecified atom stereocenters. The number of anilines is 1. The van der Waals surface area contributed by atoms with E-state index in [-0.39, 0.29) is 32.2 Å². The third kappa shape index (κ3) is 5.22. The number of ether oxygens (including phenoxy) is 2. The SMILES string of the molecule is CCOc1ncccc1C(=O)OCC(=O)Nc1cc(Cl)c(Cl)cc1Cl. The van der Waals surface area contributed by atoms with E-state index in [1.807, 2.05) is 0 Å². The molecule has 1 heterocycles. The van der Waals surface area contributed by atoms with Crippen molar-refractivity contribution in [3.05, 3.63) is 51.1 Å². The Morgan fingerprint density at radius 3 is 2.60 bits per heavy atom. The van der Waals surface area contributed by atoms with Crippen molar-refractivity contribution in [2.75, 3.05) is 18.5 Å². The smallest absolute Gasteiger partial charge is 0.344 e. The Morgan fingerprint density at radius 1 is 1.16 bits per heavy atom. The van der Waals surface area contributed by atoms with Gasteiger partial charge in [-0.1, -0.05) is 34.8 Å². The molecule has 0 aliphatic carbocycles. The van der Waals surface area contributed by atoms with Gasteiger partial charge in [-0.2, -0.15) is 0 Å². The van der Waals surface area contributed by atoms with Crippen LogP contribution in [0.3, 0.4) is 0 Å². The number of carbonyl (C=O) groups excluding carboxylic acids is 2. The predicted molar refractivity (Wildman–Crippen MR) is 95.8 cm³/mol. The van der Waals surface area contributed by atoms with Crippen molar-refractivity contribution in [3.63, 3.8) is 0 Å². The number of rotatable bonds is 6. The second kappa shape index (κ2) is 8.89. The van der Waals surface area contributed by atoms with Crippen molar-refractivity contribution in [2.45, 2.75) is 6.92 Å². The first kappa shape index (κ1) is 19.3. The fraction of sp³-hybridized carbons (Fsp3) is 0.188. The molecule has 0 fully saturated rings. The monoisotopic (exact) mass is 402 g/mol. The zero-order chi connectivity index (χ0) is 18.4. The molecular weight excluding hydrogens is 391 g/mol. The molecule has 0 radical (unpaired) electrons. The molecule has 0 saturated carbocycles. The minimum atomic E-state index is -0.730. The second-order valence-corrected chi connectivity index (χ2v) is 5.88. The number of esters is 1. The summed E-state index contributed by atoms with van der Waals surface area (Å²) in [5.41, 5.74) is 0.387. The molecule has 1 aromatic carbocycles. The van der Waals surface area contributed by atoms with E-state index in [2.05, 4.69) is 10.3 Å². The van der Waals surface area contributed by atoms with Crippen molar-refractivity contribution >= 4 is 52.4 Å². The maximum atomic E-state index is 12.1. The van der Waals surface area contributed by atoms with E-state index in [0.717, 1.165) is 0 Å². The molecule has 2 aromatic rings. The Labute approximate surface area is 159 Å². The molecule has 6 nitrogen and oxygen atoms in total. The number of nitrogens with zero attached hydrogens (tertiary/aromatic N) is 1. The lowest BCUT2D eigenvalue weighted by atomic mass is 10.3. The van der Waals surface area contributed by atoms with Crippen molar-refractivity contribution in [1.82, 2.24) is 4.98 Å². The van der Waals surface area contributed by atoms with Gasteiger partial charge in [-0.3, -0.25) is 4.79 Å². The number of hydrogen-bond acceptors (Lipinski definition) is 5. The standard InChI is InChI=1S/C16H13Cl3N2O4/c1-2-24-15-9(4-3-5-20-15)16(23)25-8-14(22)21-13-7-11(18)10(17)6-12(13)19/h3-7H,2,8H2,1H3,(H,21,22). The van der Waals surface area contributed by atoms with Gasteiger partial charge >= 0.3 is 5.97 Å². The Balaban J connectivity index is 1.98. The molecular formula is C16H13Cl3N2O4. The second-order valence-electron chi connectivity index (χ2n) is 4.66. The number of hydrogen-bond donors (Lipinski definition) is 1.